The summed E-state index contributed by atoms with van der Waals surface area (Å²) in [6.07, 6.45) is 1.86. The van der Waals surface area contributed by atoms with Crippen molar-refractivity contribution in [2.45, 2.75) is 13.1 Å². The van der Waals surface area contributed by atoms with E-state index in [4.69, 9.17) is 11.6 Å². The molecule has 0 saturated heterocycles. The van der Waals surface area contributed by atoms with Gasteiger partial charge in [0, 0.05) is 23.7 Å². The molecule has 1 heterocycles. The van der Waals surface area contributed by atoms with Crippen LogP contribution in [0.4, 0.5) is 0 Å². The van der Waals surface area contributed by atoms with E-state index in [0.29, 0.717) is 0 Å². The predicted molar refractivity (Wildman–Crippen MR) is 86.0 cm³/mol. The van der Waals surface area contributed by atoms with Crippen molar-refractivity contribution in [3.63, 3.8) is 0 Å². The van der Waals surface area contributed by atoms with Crippen molar-refractivity contribution in [1.29, 1.82) is 0 Å². The van der Waals surface area contributed by atoms with Crippen molar-refractivity contribution < 1.29 is 0 Å². The smallest absolute Gasteiger partial charge is 0.0695 e. The zero-order valence-corrected chi connectivity index (χ0v) is 12.3. The number of aromatic nitrogens is 2. The molecule has 4 heteroatoms. The summed E-state index contributed by atoms with van der Waals surface area (Å²) in [6, 6.07) is 18.1. The van der Waals surface area contributed by atoms with Crippen LogP contribution in [0.15, 0.2) is 60.8 Å². The van der Waals surface area contributed by atoms with Crippen LogP contribution in [0.1, 0.15) is 11.1 Å². The van der Waals surface area contributed by atoms with Gasteiger partial charge in [-0.25, -0.2) is 0 Å². The zero-order chi connectivity index (χ0) is 14.5. The second-order valence-electron chi connectivity index (χ2n) is 4.83. The average molecular weight is 298 g/mol. The third-order valence-corrected chi connectivity index (χ3v) is 3.74. The Morgan fingerprint density at radius 1 is 0.905 bits per heavy atom. The molecule has 3 nitrogen and oxygen atoms in total. The molecule has 0 bridgehead atoms. The molecule has 0 radical (unpaired) electrons. The van der Waals surface area contributed by atoms with E-state index >= 15 is 0 Å². The van der Waals surface area contributed by atoms with Crippen LogP contribution in [0.2, 0.25) is 5.02 Å². The molecule has 0 aliphatic heterocycles. The Morgan fingerprint density at radius 3 is 2.43 bits per heavy atom. The van der Waals surface area contributed by atoms with Crippen molar-refractivity contribution in [3.8, 4) is 11.3 Å². The first-order valence-corrected chi connectivity index (χ1v) is 7.24. The van der Waals surface area contributed by atoms with Gasteiger partial charge in [0.2, 0.25) is 0 Å². The highest BCUT2D eigenvalue weighted by molar-refractivity contribution is 6.31. The van der Waals surface area contributed by atoms with Gasteiger partial charge >= 0.3 is 0 Å². The third kappa shape index (κ3) is 3.32. The standard InChI is InChI=1S/C17H16ClN3/c18-16-9-5-4-8-14(16)10-19-11-15-12-20-21-17(15)13-6-2-1-3-7-13/h1-9,12,19H,10-11H2,(H,20,21). The summed E-state index contributed by atoms with van der Waals surface area (Å²) >= 11 is 6.15. The number of hydrogen-bond acceptors (Lipinski definition) is 2. The maximum Gasteiger partial charge on any atom is 0.0695 e. The van der Waals surface area contributed by atoms with E-state index in [1.807, 2.05) is 48.7 Å². The number of nitrogens with zero attached hydrogens (tertiary/aromatic N) is 1. The molecule has 3 aromatic rings. The second kappa shape index (κ2) is 6.57. The zero-order valence-electron chi connectivity index (χ0n) is 11.5. The fraction of sp³-hybridized carbons (Fsp3) is 0.118. The molecule has 2 aromatic carbocycles. The van der Waals surface area contributed by atoms with E-state index in [0.717, 1.165) is 40.5 Å². The van der Waals surface area contributed by atoms with Crippen LogP contribution in [0.5, 0.6) is 0 Å². The Labute approximate surface area is 129 Å². The Balaban J connectivity index is 1.67. The highest BCUT2D eigenvalue weighted by Crippen LogP contribution is 2.20. The van der Waals surface area contributed by atoms with Crippen molar-refractivity contribution in [3.05, 3.63) is 76.9 Å². The molecule has 0 spiro atoms. The van der Waals surface area contributed by atoms with Gasteiger partial charge in [-0.05, 0) is 17.2 Å². The van der Waals surface area contributed by atoms with Gasteiger partial charge < -0.3 is 5.32 Å². The Hall–Kier alpha value is -2.10. The summed E-state index contributed by atoms with van der Waals surface area (Å²) < 4.78 is 0. The summed E-state index contributed by atoms with van der Waals surface area (Å²) in [4.78, 5) is 0. The largest absolute Gasteiger partial charge is 0.308 e. The van der Waals surface area contributed by atoms with Crippen molar-refractivity contribution in [2.24, 2.45) is 0 Å². The summed E-state index contributed by atoms with van der Waals surface area (Å²) in [7, 11) is 0. The van der Waals surface area contributed by atoms with Crippen LogP contribution in [0.3, 0.4) is 0 Å². The first-order chi connectivity index (χ1) is 10.3. The molecule has 0 atom stereocenters. The minimum Gasteiger partial charge on any atom is -0.308 e. The van der Waals surface area contributed by atoms with Crippen LogP contribution < -0.4 is 5.32 Å². The molecule has 0 saturated carbocycles. The molecule has 0 amide bonds. The van der Waals surface area contributed by atoms with E-state index in [1.54, 1.807) is 0 Å². The van der Waals surface area contributed by atoms with Gasteiger partial charge in [0.15, 0.2) is 0 Å². The number of hydrogen-bond donors (Lipinski definition) is 2. The Morgan fingerprint density at radius 2 is 1.62 bits per heavy atom. The molecule has 0 aliphatic rings. The summed E-state index contributed by atoms with van der Waals surface area (Å²) in [5.74, 6) is 0. The molecule has 2 N–H and O–H groups in total. The highest BCUT2D eigenvalue weighted by Gasteiger charge is 2.07. The lowest BCUT2D eigenvalue weighted by atomic mass is 10.1. The first kappa shape index (κ1) is 13.9. The summed E-state index contributed by atoms with van der Waals surface area (Å²) in [5, 5.41) is 11.4. The van der Waals surface area contributed by atoms with Crippen LogP contribution in [0, 0.1) is 0 Å². The maximum absolute atomic E-state index is 6.15. The molecular formula is C17H16ClN3. The van der Waals surface area contributed by atoms with Gasteiger partial charge in [0.1, 0.15) is 0 Å². The number of nitrogens with one attached hydrogen (secondary N) is 2. The molecule has 106 valence electrons. The summed E-state index contributed by atoms with van der Waals surface area (Å²) in [5.41, 5.74) is 4.45. The molecule has 0 unspecified atom stereocenters. The molecule has 0 aliphatic carbocycles. The van der Waals surface area contributed by atoms with E-state index in [1.165, 1.54) is 0 Å². The van der Waals surface area contributed by atoms with Crippen LogP contribution >= 0.6 is 11.6 Å². The normalized spacial score (nSPS) is 10.7. The van der Waals surface area contributed by atoms with Crippen molar-refractivity contribution in [2.75, 3.05) is 0 Å². The summed E-state index contributed by atoms with van der Waals surface area (Å²) in [6.45, 7) is 1.48. The lowest BCUT2D eigenvalue weighted by Crippen LogP contribution is -2.13. The molecule has 3 rings (SSSR count). The van der Waals surface area contributed by atoms with Crippen molar-refractivity contribution in [1.82, 2.24) is 15.5 Å². The van der Waals surface area contributed by atoms with Crippen LogP contribution in [-0.2, 0) is 13.1 Å². The van der Waals surface area contributed by atoms with Gasteiger partial charge in [-0.2, -0.15) is 5.10 Å². The molecule has 21 heavy (non-hydrogen) atoms. The number of H-pyrrole nitrogens is 1. The molecule has 1 aromatic heterocycles. The predicted octanol–water partition coefficient (Wildman–Crippen LogP) is 4.02. The van der Waals surface area contributed by atoms with Crippen molar-refractivity contribution >= 4 is 11.6 Å². The third-order valence-electron chi connectivity index (χ3n) is 3.37. The number of halogens is 1. The lowest BCUT2D eigenvalue weighted by Gasteiger charge is -2.07. The van der Waals surface area contributed by atoms with E-state index < -0.39 is 0 Å². The lowest BCUT2D eigenvalue weighted by molar-refractivity contribution is 0.694. The fourth-order valence-electron chi connectivity index (χ4n) is 2.27. The van der Waals surface area contributed by atoms with E-state index in [-0.39, 0.29) is 0 Å². The van der Waals surface area contributed by atoms with Gasteiger partial charge in [-0.1, -0.05) is 60.1 Å². The minimum atomic E-state index is 0.735. The van der Waals surface area contributed by atoms with Gasteiger partial charge in [-0.15, -0.1) is 0 Å². The van der Waals surface area contributed by atoms with Gasteiger partial charge in [0.25, 0.3) is 0 Å². The fourth-order valence-corrected chi connectivity index (χ4v) is 2.48. The SMILES string of the molecule is Clc1ccccc1CNCc1cn[nH]c1-c1ccccc1. The first-order valence-electron chi connectivity index (χ1n) is 6.86. The van der Waals surface area contributed by atoms with Crippen LogP contribution in [0.25, 0.3) is 11.3 Å². The Kier molecular flexibility index (Phi) is 4.34. The number of rotatable bonds is 5. The topological polar surface area (TPSA) is 40.7 Å². The van der Waals surface area contributed by atoms with Crippen LogP contribution in [-0.4, -0.2) is 10.2 Å². The molecular weight excluding hydrogens is 282 g/mol. The van der Waals surface area contributed by atoms with Gasteiger partial charge in [-0.3, -0.25) is 5.10 Å². The van der Waals surface area contributed by atoms with Gasteiger partial charge in [0.05, 0.1) is 11.9 Å². The second-order valence-corrected chi connectivity index (χ2v) is 5.24. The minimum absolute atomic E-state index is 0.735. The maximum atomic E-state index is 6.15. The average Bonchev–Trinajstić information content (AvgIpc) is 2.99. The Bertz CT molecular complexity index is 707. The monoisotopic (exact) mass is 297 g/mol. The highest BCUT2D eigenvalue weighted by atomic mass is 35.5. The number of benzene rings is 2. The number of aromatic amines is 1. The van der Waals surface area contributed by atoms with E-state index in [9.17, 15) is 0 Å². The quantitative estimate of drug-likeness (QED) is 0.747. The molecule has 0 fully saturated rings. The van der Waals surface area contributed by atoms with E-state index in [2.05, 4.69) is 27.6 Å².